The Balaban J connectivity index is 1.70. The number of halogens is 1. The van der Waals surface area contributed by atoms with Gasteiger partial charge in [-0.1, -0.05) is 17.7 Å². The number of hydrogen-bond acceptors (Lipinski definition) is 5. The van der Waals surface area contributed by atoms with Gasteiger partial charge in [0.1, 0.15) is 5.75 Å². The molecular weight excluding hydrogens is 396 g/mol. The van der Waals surface area contributed by atoms with Crippen molar-refractivity contribution >= 4 is 34.6 Å². The molecule has 0 bridgehead atoms. The van der Waals surface area contributed by atoms with Crippen molar-refractivity contribution in [1.29, 1.82) is 0 Å². The van der Waals surface area contributed by atoms with E-state index in [0.29, 0.717) is 22.4 Å². The molecule has 0 spiro atoms. The maximum absolute atomic E-state index is 6.06. The first-order valence-electron chi connectivity index (χ1n) is 9.24. The van der Waals surface area contributed by atoms with E-state index in [2.05, 4.69) is 26.2 Å². The zero-order valence-electron chi connectivity index (χ0n) is 15.9. The van der Waals surface area contributed by atoms with Crippen LogP contribution in [0.2, 0.25) is 5.02 Å². The van der Waals surface area contributed by atoms with Crippen LogP contribution in [0.5, 0.6) is 5.75 Å². The molecule has 0 atom stereocenters. The summed E-state index contributed by atoms with van der Waals surface area (Å²) in [5.74, 6) is 0.657. The fourth-order valence-electron chi connectivity index (χ4n) is 3.01. The van der Waals surface area contributed by atoms with Crippen molar-refractivity contribution in [1.82, 2.24) is 14.8 Å². The highest BCUT2D eigenvalue weighted by atomic mass is 35.5. The topological polar surface area (TPSA) is 49.9 Å². The Bertz CT molecular complexity index is 772. The number of thiocarbonyl (C=S) groups is 1. The predicted molar refractivity (Wildman–Crippen MR) is 116 cm³/mol. The van der Waals surface area contributed by atoms with Crippen LogP contribution in [0.1, 0.15) is 5.56 Å². The first kappa shape index (κ1) is 20.8. The standard InChI is InChI=1S/C20H25ClN4O2S/c1-26-19-13-17(21)4-5-18(19)23-20(28)25(15-16-3-2-6-22-14-16)8-7-24-9-11-27-12-10-24/h2-6,13-14H,7-12,15H2,1H3,(H,23,28). The van der Waals surface area contributed by atoms with E-state index in [1.54, 1.807) is 19.4 Å². The van der Waals surface area contributed by atoms with Gasteiger partial charge in [0, 0.05) is 56.2 Å². The lowest BCUT2D eigenvalue weighted by Crippen LogP contribution is -2.44. The number of methoxy groups -OCH3 is 1. The first-order chi connectivity index (χ1) is 13.7. The summed E-state index contributed by atoms with van der Waals surface area (Å²) in [5, 5.41) is 4.56. The number of ether oxygens (including phenoxy) is 2. The molecule has 8 heteroatoms. The average molecular weight is 421 g/mol. The van der Waals surface area contributed by atoms with Gasteiger partial charge in [0.15, 0.2) is 5.11 Å². The molecule has 1 aliphatic rings. The van der Waals surface area contributed by atoms with Gasteiger partial charge in [-0.2, -0.15) is 0 Å². The number of anilines is 1. The van der Waals surface area contributed by atoms with Crippen LogP contribution >= 0.6 is 23.8 Å². The second-order valence-corrected chi connectivity index (χ2v) is 7.33. The quantitative estimate of drug-likeness (QED) is 0.690. The smallest absolute Gasteiger partial charge is 0.173 e. The molecule has 1 N–H and O–H groups in total. The number of pyridine rings is 1. The first-order valence-corrected chi connectivity index (χ1v) is 10.0. The van der Waals surface area contributed by atoms with Gasteiger partial charge in [-0.25, -0.2) is 0 Å². The second kappa shape index (κ2) is 10.6. The summed E-state index contributed by atoms with van der Waals surface area (Å²) in [6, 6.07) is 9.45. The van der Waals surface area contributed by atoms with Crippen molar-refractivity contribution in [3.63, 3.8) is 0 Å². The van der Waals surface area contributed by atoms with E-state index in [-0.39, 0.29) is 0 Å². The van der Waals surface area contributed by atoms with Crippen LogP contribution in [0.4, 0.5) is 5.69 Å². The molecule has 1 saturated heterocycles. The van der Waals surface area contributed by atoms with Gasteiger partial charge in [-0.15, -0.1) is 0 Å². The van der Waals surface area contributed by atoms with Gasteiger partial charge in [0.25, 0.3) is 0 Å². The van der Waals surface area contributed by atoms with E-state index in [4.69, 9.17) is 33.3 Å². The van der Waals surface area contributed by atoms with Crippen LogP contribution in [0.25, 0.3) is 0 Å². The zero-order valence-corrected chi connectivity index (χ0v) is 17.5. The lowest BCUT2D eigenvalue weighted by Gasteiger charge is -2.31. The molecule has 1 aromatic carbocycles. The highest BCUT2D eigenvalue weighted by Gasteiger charge is 2.16. The molecule has 1 aliphatic heterocycles. The molecule has 0 radical (unpaired) electrons. The van der Waals surface area contributed by atoms with Crippen LogP contribution in [0, 0.1) is 0 Å². The number of hydrogen-bond donors (Lipinski definition) is 1. The van der Waals surface area contributed by atoms with Gasteiger partial charge in [0.2, 0.25) is 0 Å². The minimum atomic E-state index is 0.618. The molecule has 2 heterocycles. The summed E-state index contributed by atoms with van der Waals surface area (Å²) in [4.78, 5) is 8.76. The predicted octanol–water partition coefficient (Wildman–Crippen LogP) is 3.27. The van der Waals surface area contributed by atoms with Crippen LogP contribution in [-0.2, 0) is 11.3 Å². The maximum Gasteiger partial charge on any atom is 0.173 e. The molecule has 0 aliphatic carbocycles. The Hall–Kier alpha value is -1.93. The molecular formula is C20H25ClN4O2S. The largest absolute Gasteiger partial charge is 0.495 e. The van der Waals surface area contributed by atoms with E-state index in [1.807, 2.05) is 24.4 Å². The summed E-state index contributed by atoms with van der Waals surface area (Å²) in [7, 11) is 1.62. The van der Waals surface area contributed by atoms with Gasteiger partial charge in [-0.3, -0.25) is 9.88 Å². The van der Waals surface area contributed by atoms with Gasteiger partial charge < -0.3 is 19.7 Å². The molecule has 28 heavy (non-hydrogen) atoms. The van der Waals surface area contributed by atoms with Crippen molar-refractivity contribution in [3.8, 4) is 5.75 Å². The summed E-state index contributed by atoms with van der Waals surface area (Å²) in [6.45, 7) is 5.87. The number of rotatable bonds is 7. The normalized spacial score (nSPS) is 14.5. The summed E-state index contributed by atoms with van der Waals surface area (Å²) >= 11 is 11.8. The minimum absolute atomic E-state index is 0.618. The van der Waals surface area contributed by atoms with E-state index in [9.17, 15) is 0 Å². The summed E-state index contributed by atoms with van der Waals surface area (Å²) in [5.41, 5.74) is 1.90. The molecule has 150 valence electrons. The zero-order chi connectivity index (χ0) is 19.8. The van der Waals surface area contributed by atoms with Gasteiger partial charge >= 0.3 is 0 Å². The molecule has 1 aromatic heterocycles. The number of morpholine rings is 1. The number of nitrogens with zero attached hydrogens (tertiary/aromatic N) is 3. The Morgan fingerprint density at radius 1 is 1.36 bits per heavy atom. The minimum Gasteiger partial charge on any atom is -0.495 e. The molecule has 0 amide bonds. The lowest BCUT2D eigenvalue weighted by molar-refractivity contribution is 0.0358. The van der Waals surface area contributed by atoms with Crippen LogP contribution in [0.15, 0.2) is 42.7 Å². The number of aromatic nitrogens is 1. The fraction of sp³-hybridized carbons (Fsp3) is 0.400. The molecule has 3 rings (SSSR count). The lowest BCUT2D eigenvalue weighted by atomic mass is 10.2. The second-order valence-electron chi connectivity index (χ2n) is 6.51. The molecule has 0 saturated carbocycles. The van der Waals surface area contributed by atoms with E-state index >= 15 is 0 Å². The van der Waals surface area contributed by atoms with Crippen molar-refractivity contribution in [2.75, 3.05) is 51.8 Å². The summed E-state index contributed by atoms with van der Waals surface area (Å²) in [6.07, 6.45) is 3.64. The van der Waals surface area contributed by atoms with Crippen molar-refractivity contribution in [2.45, 2.75) is 6.54 Å². The third-order valence-corrected chi connectivity index (χ3v) is 5.17. The molecule has 6 nitrogen and oxygen atoms in total. The Morgan fingerprint density at radius 2 is 2.18 bits per heavy atom. The van der Waals surface area contributed by atoms with E-state index in [0.717, 1.165) is 50.6 Å². The average Bonchev–Trinajstić information content (AvgIpc) is 2.73. The molecule has 0 unspecified atom stereocenters. The van der Waals surface area contributed by atoms with Gasteiger partial charge in [-0.05, 0) is 36.0 Å². The SMILES string of the molecule is COc1cc(Cl)ccc1NC(=S)N(CCN1CCOCC1)Cc1cccnc1. The highest BCUT2D eigenvalue weighted by Crippen LogP contribution is 2.28. The van der Waals surface area contributed by atoms with E-state index in [1.165, 1.54) is 0 Å². The number of nitrogens with one attached hydrogen (secondary N) is 1. The van der Waals surface area contributed by atoms with Gasteiger partial charge in [0.05, 0.1) is 26.0 Å². The van der Waals surface area contributed by atoms with Crippen molar-refractivity contribution < 1.29 is 9.47 Å². The van der Waals surface area contributed by atoms with Crippen LogP contribution in [-0.4, -0.2) is 66.4 Å². The monoisotopic (exact) mass is 420 g/mol. The highest BCUT2D eigenvalue weighted by molar-refractivity contribution is 7.80. The third-order valence-electron chi connectivity index (χ3n) is 4.58. The molecule has 2 aromatic rings. The Labute approximate surface area is 176 Å². The maximum atomic E-state index is 6.06. The Kier molecular flexibility index (Phi) is 7.85. The van der Waals surface area contributed by atoms with E-state index < -0.39 is 0 Å². The summed E-state index contributed by atoms with van der Waals surface area (Å²) < 4.78 is 10.9. The third kappa shape index (κ3) is 6.04. The van der Waals surface area contributed by atoms with Crippen molar-refractivity contribution in [3.05, 3.63) is 53.3 Å². The molecule has 1 fully saturated rings. The fourth-order valence-corrected chi connectivity index (χ4v) is 3.44. The van der Waals surface area contributed by atoms with Crippen molar-refractivity contribution in [2.24, 2.45) is 0 Å². The number of benzene rings is 1. The Morgan fingerprint density at radius 3 is 2.89 bits per heavy atom. The van der Waals surface area contributed by atoms with Crippen LogP contribution < -0.4 is 10.1 Å². The van der Waals surface area contributed by atoms with Crippen LogP contribution in [0.3, 0.4) is 0 Å².